The van der Waals surface area contributed by atoms with Gasteiger partial charge in [-0.1, -0.05) is 119 Å². The number of aliphatic carboxylic acids is 1. The van der Waals surface area contributed by atoms with Crippen molar-refractivity contribution in [1.82, 2.24) is 0 Å². The summed E-state index contributed by atoms with van der Waals surface area (Å²) < 4.78 is 17.1. The van der Waals surface area contributed by atoms with E-state index in [0.29, 0.717) is 19.3 Å². The highest BCUT2D eigenvalue weighted by Gasteiger charge is 2.31. The first-order chi connectivity index (χ1) is 25.1. The zero-order valence-electron chi connectivity index (χ0n) is 33.5. The van der Waals surface area contributed by atoms with E-state index in [2.05, 4.69) is 86.8 Å². The van der Waals surface area contributed by atoms with E-state index in [1.807, 2.05) is 21.1 Å². The molecule has 0 heterocycles. The van der Waals surface area contributed by atoms with E-state index in [-0.39, 0.29) is 42.7 Å². The Kier molecular flexibility index (Phi) is 32.7. The number of carbonyl (C=O) groups excluding carboxylic acids is 2. The van der Waals surface area contributed by atoms with Crippen LogP contribution in [0.2, 0.25) is 0 Å². The minimum Gasteiger partial charge on any atom is -0.477 e. The molecule has 8 nitrogen and oxygen atoms in total. The largest absolute Gasteiger partial charge is 0.477 e. The van der Waals surface area contributed by atoms with Gasteiger partial charge in [0, 0.05) is 19.3 Å². The molecular weight excluding hydrogens is 654 g/mol. The molecule has 0 spiro atoms. The number of quaternary nitrogens is 1. The van der Waals surface area contributed by atoms with Gasteiger partial charge in [0.1, 0.15) is 6.61 Å². The molecule has 0 amide bonds. The number of carbonyl (C=O) groups is 3. The second kappa shape index (κ2) is 34.8. The molecule has 0 aromatic carbocycles. The maximum atomic E-state index is 12.7. The first-order valence-electron chi connectivity index (χ1n) is 20.0. The van der Waals surface area contributed by atoms with E-state index in [4.69, 9.17) is 14.2 Å². The number of rotatable bonds is 34. The molecule has 1 N–H and O–H groups in total. The van der Waals surface area contributed by atoms with E-state index in [1.54, 1.807) is 0 Å². The number of ether oxygens (including phenoxy) is 3. The monoisotopic (exact) mass is 729 g/mol. The van der Waals surface area contributed by atoms with Gasteiger partial charge in [0.2, 0.25) is 0 Å². The molecular formula is C44H74NO7+. The summed E-state index contributed by atoms with van der Waals surface area (Å²) in [4.78, 5) is 36.8. The fourth-order valence-electron chi connectivity index (χ4n) is 5.22. The Bertz CT molecular complexity index is 1080. The van der Waals surface area contributed by atoms with Gasteiger partial charge in [-0.3, -0.25) is 9.59 Å². The van der Waals surface area contributed by atoms with Crippen LogP contribution < -0.4 is 0 Å². The highest BCUT2D eigenvalue weighted by molar-refractivity contribution is 5.72. The SMILES string of the molecule is CC/C=C\C/C=C\C/C=C\C/C=C\C/C=C\CCCC(=O)OC(COCCC(C(=O)O)[N+](C)(C)C)COC(=O)CCCCCCC/C=C\CCCC. The number of esters is 2. The molecule has 296 valence electrons. The molecule has 0 aliphatic heterocycles. The summed E-state index contributed by atoms with van der Waals surface area (Å²) in [6.07, 6.45) is 42.4. The van der Waals surface area contributed by atoms with Gasteiger partial charge < -0.3 is 23.8 Å². The Morgan fingerprint density at radius 3 is 1.67 bits per heavy atom. The minimum absolute atomic E-state index is 0.0319. The van der Waals surface area contributed by atoms with Gasteiger partial charge in [0.25, 0.3) is 0 Å². The van der Waals surface area contributed by atoms with Crippen LogP contribution in [0.3, 0.4) is 0 Å². The summed E-state index contributed by atoms with van der Waals surface area (Å²) in [6, 6.07) is -0.628. The average molecular weight is 729 g/mol. The quantitative estimate of drug-likeness (QED) is 0.0305. The van der Waals surface area contributed by atoms with Crippen LogP contribution in [-0.4, -0.2) is 80.6 Å². The number of nitrogens with zero attached hydrogens (tertiary/aromatic N) is 1. The van der Waals surface area contributed by atoms with Crippen molar-refractivity contribution in [2.24, 2.45) is 0 Å². The predicted molar refractivity (Wildman–Crippen MR) is 215 cm³/mol. The second-order valence-corrected chi connectivity index (χ2v) is 14.1. The minimum atomic E-state index is -0.889. The number of allylic oxidation sites excluding steroid dienone is 12. The van der Waals surface area contributed by atoms with Crippen LogP contribution in [0.1, 0.15) is 136 Å². The first kappa shape index (κ1) is 48.8. The first-order valence-corrected chi connectivity index (χ1v) is 20.0. The van der Waals surface area contributed by atoms with E-state index in [0.717, 1.165) is 70.6 Å². The van der Waals surface area contributed by atoms with E-state index >= 15 is 0 Å². The third-order valence-electron chi connectivity index (χ3n) is 8.34. The summed E-state index contributed by atoms with van der Waals surface area (Å²) in [7, 11) is 5.49. The Morgan fingerprint density at radius 2 is 1.10 bits per heavy atom. The fraction of sp³-hybridized carbons (Fsp3) is 0.659. The number of carboxylic acids is 1. The van der Waals surface area contributed by atoms with Crippen LogP contribution in [0.25, 0.3) is 0 Å². The fourth-order valence-corrected chi connectivity index (χ4v) is 5.22. The zero-order valence-corrected chi connectivity index (χ0v) is 33.5. The van der Waals surface area contributed by atoms with Crippen LogP contribution >= 0.6 is 0 Å². The van der Waals surface area contributed by atoms with Crippen LogP contribution in [0.5, 0.6) is 0 Å². The molecule has 0 aromatic heterocycles. The summed E-state index contributed by atoms with van der Waals surface area (Å²) in [5.41, 5.74) is 0. The third-order valence-corrected chi connectivity index (χ3v) is 8.34. The topological polar surface area (TPSA) is 99.1 Å². The Labute approximate surface area is 317 Å². The second-order valence-electron chi connectivity index (χ2n) is 14.1. The molecule has 0 aliphatic rings. The lowest BCUT2D eigenvalue weighted by molar-refractivity contribution is -0.887. The number of likely N-dealkylation sites (N-methyl/N-ethyl adjacent to an activating group) is 1. The summed E-state index contributed by atoms with van der Waals surface area (Å²) >= 11 is 0. The lowest BCUT2D eigenvalue weighted by atomic mass is 10.1. The molecule has 0 bridgehead atoms. The highest BCUT2D eigenvalue weighted by Crippen LogP contribution is 2.12. The van der Waals surface area contributed by atoms with Gasteiger partial charge in [-0.2, -0.15) is 0 Å². The van der Waals surface area contributed by atoms with Gasteiger partial charge in [0.05, 0.1) is 34.4 Å². The maximum absolute atomic E-state index is 12.7. The lowest BCUT2D eigenvalue weighted by Gasteiger charge is -2.31. The van der Waals surface area contributed by atoms with Gasteiger partial charge in [-0.15, -0.1) is 0 Å². The predicted octanol–water partition coefficient (Wildman–Crippen LogP) is 10.4. The van der Waals surface area contributed by atoms with Crippen molar-refractivity contribution in [3.05, 3.63) is 72.9 Å². The molecule has 2 unspecified atom stereocenters. The van der Waals surface area contributed by atoms with Crippen molar-refractivity contribution in [2.75, 3.05) is 41.0 Å². The number of unbranched alkanes of at least 4 members (excludes halogenated alkanes) is 8. The van der Waals surface area contributed by atoms with Crippen molar-refractivity contribution in [3.8, 4) is 0 Å². The van der Waals surface area contributed by atoms with E-state index < -0.39 is 18.1 Å². The number of carboxylic acid groups (broad SMARTS) is 1. The Morgan fingerprint density at radius 1 is 0.596 bits per heavy atom. The maximum Gasteiger partial charge on any atom is 0.362 e. The highest BCUT2D eigenvalue weighted by atomic mass is 16.6. The molecule has 0 radical (unpaired) electrons. The lowest BCUT2D eigenvalue weighted by Crippen LogP contribution is -2.50. The van der Waals surface area contributed by atoms with Gasteiger partial charge in [0.15, 0.2) is 12.1 Å². The van der Waals surface area contributed by atoms with Crippen LogP contribution in [0.4, 0.5) is 0 Å². The smallest absolute Gasteiger partial charge is 0.362 e. The Balaban J connectivity index is 4.53. The molecule has 2 atom stereocenters. The van der Waals surface area contributed by atoms with Crippen LogP contribution in [0.15, 0.2) is 72.9 Å². The molecule has 0 aromatic rings. The Hall–Kier alpha value is -3.23. The van der Waals surface area contributed by atoms with Gasteiger partial charge in [-0.05, 0) is 70.6 Å². The summed E-state index contributed by atoms with van der Waals surface area (Å²) in [5, 5.41) is 9.59. The van der Waals surface area contributed by atoms with E-state index in [9.17, 15) is 19.5 Å². The molecule has 0 fully saturated rings. The average Bonchev–Trinajstić information content (AvgIpc) is 3.09. The molecule has 0 aliphatic carbocycles. The van der Waals surface area contributed by atoms with Gasteiger partial charge >= 0.3 is 17.9 Å². The number of hydrogen-bond acceptors (Lipinski definition) is 6. The standard InChI is InChI=1S/C44H73NO7/c1-6-8-10-12-14-16-18-19-20-21-22-23-25-27-29-31-33-35-43(47)52-40(38-50-37-36-41(44(48)49)45(3,4)5)39-51-42(46)34-32-30-28-26-24-17-15-13-11-9-7-2/h8,10,13-16,19-20,22-23,27,29,40-41H,6-7,9,11-12,17-18,21,24-26,28,30-39H2,1-5H3/p+1/b10-8-,15-13-,16-14-,20-19-,23-22-,29-27-. The zero-order chi connectivity index (χ0) is 38.5. The van der Waals surface area contributed by atoms with Crippen LogP contribution in [-0.2, 0) is 28.6 Å². The molecule has 8 heteroatoms. The van der Waals surface area contributed by atoms with Crippen molar-refractivity contribution in [2.45, 2.75) is 148 Å². The van der Waals surface area contributed by atoms with Crippen molar-refractivity contribution in [3.63, 3.8) is 0 Å². The number of hydrogen-bond donors (Lipinski definition) is 1. The molecule has 0 saturated heterocycles. The summed E-state index contributed by atoms with van der Waals surface area (Å²) in [6.45, 7) is 4.48. The molecule has 52 heavy (non-hydrogen) atoms. The van der Waals surface area contributed by atoms with Crippen molar-refractivity contribution >= 4 is 17.9 Å². The van der Waals surface area contributed by atoms with E-state index in [1.165, 1.54) is 25.7 Å². The van der Waals surface area contributed by atoms with Crippen molar-refractivity contribution in [1.29, 1.82) is 0 Å². The van der Waals surface area contributed by atoms with Crippen LogP contribution in [0, 0.1) is 0 Å². The summed E-state index contributed by atoms with van der Waals surface area (Å²) in [5.74, 6) is -1.57. The third kappa shape index (κ3) is 32.7. The van der Waals surface area contributed by atoms with Crippen molar-refractivity contribution < 1.29 is 38.2 Å². The van der Waals surface area contributed by atoms with Gasteiger partial charge in [-0.25, -0.2) is 4.79 Å². The normalized spacial score (nSPS) is 13.8. The molecule has 0 saturated carbocycles. The molecule has 0 rings (SSSR count).